The van der Waals surface area contributed by atoms with Crippen molar-refractivity contribution >= 4 is 39.1 Å². The summed E-state index contributed by atoms with van der Waals surface area (Å²) in [4.78, 5) is 13.3. The van der Waals surface area contributed by atoms with Gasteiger partial charge in [-0.25, -0.2) is 9.97 Å². The van der Waals surface area contributed by atoms with Crippen LogP contribution in [0.15, 0.2) is 290 Å². The molecule has 4 heteroatoms. The summed E-state index contributed by atoms with van der Waals surface area (Å²) in [6, 6.07) is 101. The first-order chi connectivity index (χ1) is 36.7. The highest BCUT2D eigenvalue weighted by Crippen LogP contribution is 2.54. The number of anilines is 3. The minimum atomic E-state index is 0.628. The maximum atomic E-state index is 6.84. The summed E-state index contributed by atoms with van der Waals surface area (Å²) < 4.78 is 6.84. The van der Waals surface area contributed by atoms with E-state index >= 15 is 0 Å². The van der Waals surface area contributed by atoms with Crippen molar-refractivity contribution in [3.8, 4) is 89.4 Å². The Morgan fingerprint density at radius 3 is 1.11 bits per heavy atom. The van der Waals surface area contributed by atoms with E-state index < -0.39 is 0 Å². The minimum Gasteiger partial charge on any atom is -0.452 e. The summed E-state index contributed by atoms with van der Waals surface area (Å²) in [6.07, 6.45) is 0. The van der Waals surface area contributed by atoms with Crippen LogP contribution in [-0.4, -0.2) is 9.97 Å². The number of nitrogens with zero attached hydrogens (tertiary/aromatic N) is 3. The van der Waals surface area contributed by atoms with Crippen molar-refractivity contribution in [3.63, 3.8) is 0 Å². The van der Waals surface area contributed by atoms with Gasteiger partial charge >= 0.3 is 0 Å². The second kappa shape index (κ2) is 19.4. The predicted octanol–water partition coefficient (Wildman–Crippen LogP) is 19.2. The first-order valence-corrected chi connectivity index (χ1v) is 25.1. The molecule has 0 aliphatic rings. The van der Waals surface area contributed by atoms with Crippen molar-refractivity contribution in [2.24, 2.45) is 0 Å². The topological polar surface area (TPSA) is 42.2 Å². The molecule has 0 amide bonds. The lowest BCUT2D eigenvalue weighted by molar-refractivity contribution is 0.667. The summed E-state index contributed by atoms with van der Waals surface area (Å²) in [5.41, 5.74) is 20.7. The van der Waals surface area contributed by atoms with Crippen LogP contribution in [0, 0.1) is 0 Å². The zero-order chi connectivity index (χ0) is 49.2. The maximum absolute atomic E-state index is 6.84. The molecule has 2 heterocycles. The Balaban J connectivity index is 1.21. The Kier molecular flexibility index (Phi) is 11.5. The molecule has 0 spiro atoms. The number of hydrogen-bond donors (Lipinski definition) is 0. The molecule has 0 saturated carbocycles. The molecule has 13 rings (SSSR count). The molecule has 0 aliphatic heterocycles. The van der Waals surface area contributed by atoms with E-state index in [4.69, 9.17) is 14.4 Å². The van der Waals surface area contributed by atoms with Crippen LogP contribution in [0.2, 0.25) is 0 Å². The van der Waals surface area contributed by atoms with Gasteiger partial charge in [-0.05, 0) is 80.9 Å². The van der Waals surface area contributed by atoms with E-state index in [1.165, 1.54) is 0 Å². The van der Waals surface area contributed by atoms with E-state index in [2.05, 4.69) is 254 Å². The van der Waals surface area contributed by atoms with Gasteiger partial charge in [-0.3, -0.25) is 0 Å². The third-order valence-corrected chi connectivity index (χ3v) is 13.9. The maximum Gasteiger partial charge on any atom is 0.180 e. The molecule has 0 fully saturated rings. The monoisotopic (exact) mass is 945 g/mol. The molecule has 0 N–H and O–H groups in total. The Hall–Kier alpha value is -9.90. The quantitative estimate of drug-likeness (QED) is 0.130. The van der Waals surface area contributed by atoms with E-state index in [9.17, 15) is 0 Å². The largest absolute Gasteiger partial charge is 0.452 e. The lowest BCUT2D eigenvalue weighted by Crippen LogP contribution is -2.15. The fourth-order valence-electron chi connectivity index (χ4n) is 10.3. The predicted molar refractivity (Wildman–Crippen MR) is 307 cm³/mol. The Labute approximate surface area is 430 Å². The zero-order valence-corrected chi connectivity index (χ0v) is 40.4. The number of furan rings is 1. The van der Waals surface area contributed by atoms with Gasteiger partial charge in [0, 0.05) is 38.8 Å². The SMILES string of the molecule is c1ccc(-c2ccc(-c3ccccc3)c(N(c3cc(-c4ccccc4)ccc3-c3ccccc3)c3c(-c4ccccc4)cc(-c4nc(-c5ccccc5)nc5c4oc4ccccc45)cc3-c3ccccc3)c2)cc1. The van der Waals surface area contributed by atoms with Crippen LogP contribution in [0.4, 0.5) is 17.1 Å². The van der Waals surface area contributed by atoms with Gasteiger partial charge in [0.1, 0.15) is 16.8 Å². The van der Waals surface area contributed by atoms with Crippen molar-refractivity contribution in [1.29, 1.82) is 0 Å². The molecular formula is C70H47N3O. The van der Waals surface area contributed by atoms with Crippen molar-refractivity contribution in [1.82, 2.24) is 9.97 Å². The lowest BCUT2D eigenvalue weighted by Gasteiger charge is -2.34. The molecule has 74 heavy (non-hydrogen) atoms. The van der Waals surface area contributed by atoms with Crippen molar-refractivity contribution < 1.29 is 4.42 Å². The van der Waals surface area contributed by atoms with E-state index in [-0.39, 0.29) is 0 Å². The normalized spacial score (nSPS) is 11.2. The molecule has 0 atom stereocenters. The summed E-state index contributed by atoms with van der Waals surface area (Å²) in [5, 5.41) is 0.941. The van der Waals surface area contributed by atoms with Crippen LogP contribution < -0.4 is 4.90 Å². The highest BCUT2D eigenvalue weighted by atomic mass is 16.3. The van der Waals surface area contributed by atoms with E-state index in [1.54, 1.807) is 0 Å². The van der Waals surface area contributed by atoms with E-state index in [0.717, 1.165) is 111 Å². The van der Waals surface area contributed by atoms with Gasteiger partial charge in [0.25, 0.3) is 0 Å². The molecule has 0 unspecified atom stereocenters. The van der Waals surface area contributed by atoms with Crippen molar-refractivity contribution in [2.45, 2.75) is 0 Å². The van der Waals surface area contributed by atoms with Gasteiger partial charge < -0.3 is 9.32 Å². The van der Waals surface area contributed by atoms with Crippen LogP contribution in [0.5, 0.6) is 0 Å². The molecule has 348 valence electrons. The van der Waals surface area contributed by atoms with Crippen LogP contribution >= 0.6 is 0 Å². The smallest absolute Gasteiger partial charge is 0.180 e. The third-order valence-electron chi connectivity index (χ3n) is 13.9. The Morgan fingerprint density at radius 1 is 0.284 bits per heavy atom. The number of fused-ring (bicyclic) bond motifs is 3. The standard InChI is InChI=1S/C70H47N3O/c1-8-24-48(25-9-1)55-40-42-58(50-28-12-3-13-29-50)63(46-55)73(64-47-56(49-26-10-2-11-27-49)41-43-59(64)51-30-14-4-15-31-51)68-61(52-32-16-5-17-33-52)44-57(45-62(68)53-34-18-6-19-35-53)66-69-67(60-38-22-23-39-65(60)74-69)72-70(71-66)54-36-20-7-21-37-54/h1-47H. The van der Waals surface area contributed by atoms with Crippen LogP contribution in [0.3, 0.4) is 0 Å². The van der Waals surface area contributed by atoms with Gasteiger partial charge in [-0.2, -0.15) is 0 Å². The first-order valence-electron chi connectivity index (χ1n) is 25.1. The van der Waals surface area contributed by atoms with Gasteiger partial charge in [0.05, 0.1) is 17.1 Å². The van der Waals surface area contributed by atoms with Gasteiger partial charge in [0.2, 0.25) is 0 Å². The molecule has 0 saturated heterocycles. The van der Waals surface area contributed by atoms with Crippen molar-refractivity contribution in [3.05, 3.63) is 285 Å². The molecule has 0 bridgehead atoms. The number of para-hydroxylation sites is 1. The molecule has 0 aliphatic carbocycles. The number of benzene rings is 11. The van der Waals surface area contributed by atoms with Crippen LogP contribution in [0.1, 0.15) is 0 Å². The molecule has 4 nitrogen and oxygen atoms in total. The Bertz CT molecular complexity index is 3900. The second-order valence-electron chi connectivity index (χ2n) is 18.5. The fourth-order valence-corrected chi connectivity index (χ4v) is 10.3. The number of rotatable bonds is 11. The average Bonchev–Trinajstić information content (AvgIpc) is 3.87. The minimum absolute atomic E-state index is 0.628. The third kappa shape index (κ3) is 8.30. The molecule has 2 aromatic heterocycles. The van der Waals surface area contributed by atoms with Crippen LogP contribution in [0.25, 0.3) is 111 Å². The molecule has 0 radical (unpaired) electrons. The van der Waals surface area contributed by atoms with Crippen LogP contribution in [-0.2, 0) is 0 Å². The summed E-state index contributed by atoms with van der Waals surface area (Å²) in [7, 11) is 0. The summed E-state index contributed by atoms with van der Waals surface area (Å²) in [6.45, 7) is 0. The molecular weight excluding hydrogens is 899 g/mol. The number of hydrogen-bond acceptors (Lipinski definition) is 4. The Morgan fingerprint density at radius 2 is 0.662 bits per heavy atom. The van der Waals surface area contributed by atoms with Gasteiger partial charge in [-0.1, -0.05) is 249 Å². The van der Waals surface area contributed by atoms with Crippen molar-refractivity contribution in [2.75, 3.05) is 4.90 Å². The summed E-state index contributed by atoms with van der Waals surface area (Å²) >= 11 is 0. The van der Waals surface area contributed by atoms with Gasteiger partial charge in [-0.15, -0.1) is 0 Å². The number of aromatic nitrogens is 2. The molecule has 13 aromatic rings. The van der Waals surface area contributed by atoms with E-state index in [1.807, 2.05) is 36.4 Å². The molecule has 11 aromatic carbocycles. The average molecular weight is 946 g/mol. The summed E-state index contributed by atoms with van der Waals surface area (Å²) in [5.74, 6) is 0.628. The van der Waals surface area contributed by atoms with Gasteiger partial charge in [0.15, 0.2) is 11.4 Å². The highest BCUT2D eigenvalue weighted by molar-refractivity contribution is 6.10. The van der Waals surface area contributed by atoms with E-state index in [0.29, 0.717) is 17.1 Å². The zero-order valence-electron chi connectivity index (χ0n) is 40.4. The lowest BCUT2D eigenvalue weighted by atomic mass is 9.88. The second-order valence-corrected chi connectivity index (χ2v) is 18.5. The highest BCUT2D eigenvalue weighted by Gasteiger charge is 2.30. The fraction of sp³-hybridized carbons (Fsp3) is 0. The first kappa shape index (κ1) is 44.1.